The molecule has 0 spiro atoms. The second-order valence-electron chi connectivity index (χ2n) is 5.12. The number of benzene rings is 1. The lowest BCUT2D eigenvalue weighted by Crippen LogP contribution is -2.21. The second-order valence-corrected chi connectivity index (χ2v) is 5.53. The number of nitro groups is 1. The molecule has 28 heavy (non-hydrogen) atoms. The molecule has 2 rings (SSSR count). The SMILES string of the molecule is O=C(CCn1cc(Cl)c([N+](=O)[O-])n1)Nc1c(F)c(F)c(C(F)(F)F)c(F)c1F. The average Bonchev–Trinajstić information content (AvgIpc) is 2.95. The van der Waals surface area contributed by atoms with Gasteiger partial charge in [0.05, 0.1) is 17.8 Å². The third kappa shape index (κ3) is 4.16. The maximum absolute atomic E-state index is 13.7. The predicted octanol–water partition coefficient (Wildman–Crippen LogP) is 4.05. The highest BCUT2D eigenvalue weighted by atomic mass is 35.5. The van der Waals surface area contributed by atoms with E-state index in [2.05, 4.69) is 5.10 Å². The molecule has 0 saturated heterocycles. The molecule has 1 aromatic heterocycles. The van der Waals surface area contributed by atoms with E-state index in [4.69, 9.17) is 11.6 Å². The minimum atomic E-state index is -5.72. The number of aromatic nitrogens is 2. The highest BCUT2D eigenvalue weighted by Gasteiger charge is 2.42. The van der Waals surface area contributed by atoms with Crippen LogP contribution >= 0.6 is 11.6 Å². The summed E-state index contributed by atoms with van der Waals surface area (Å²) >= 11 is 5.51. The molecule has 1 amide bonds. The van der Waals surface area contributed by atoms with Crippen LogP contribution in [0.3, 0.4) is 0 Å². The van der Waals surface area contributed by atoms with Gasteiger partial charge in [0.1, 0.15) is 11.3 Å². The van der Waals surface area contributed by atoms with E-state index >= 15 is 0 Å². The lowest BCUT2D eigenvalue weighted by Gasteiger charge is -2.14. The molecule has 0 radical (unpaired) electrons. The van der Waals surface area contributed by atoms with Gasteiger partial charge < -0.3 is 15.4 Å². The van der Waals surface area contributed by atoms with Crippen molar-refractivity contribution in [1.29, 1.82) is 0 Å². The smallest absolute Gasteiger partial charge is 0.358 e. The van der Waals surface area contributed by atoms with Gasteiger partial charge >= 0.3 is 12.0 Å². The summed E-state index contributed by atoms with van der Waals surface area (Å²) in [6.45, 7) is -0.409. The van der Waals surface area contributed by atoms with Gasteiger partial charge in [-0.25, -0.2) is 17.6 Å². The topological polar surface area (TPSA) is 90.1 Å². The summed E-state index contributed by atoms with van der Waals surface area (Å²) in [5, 5.41) is 15.0. The van der Waals surface area contributed by atoms with Crippen LogP contribution in [0.5, 0.6) is 0 Å². The van der Waals surface area contributed by atoms with Crippen LogP contribution in [0.1, 0.15) is 12.0 Å². The molecule has 0 aliphatic heterocycles. The first-order valence-corrected chi connectivity index (χ1v) is 7.32. The van der Waals surface area contributed by atoms with Crippen LogP contribution in [-0.4, -0.2) is 20.6 Å². The Balaban J connectivity index is 2.20. The van der Waals surface area contributed by atoms with Crippen molar-refractivity contribution in [3.63, 3.8) is 0 Å². The fourth-order valence-electron chi connectivity index (χ4n) is 2.03. The second kappa shape index (κ2) is 7.61. The van der Waals surface area contributed by atoms with Gasteiger partial charge in [0.15, 0.2) is 28.3 Å². The zero-order chi connectivity index (χ0) is 21.4. The van der Waals surface area contributed by atoms with Gasteiger partial charge in [-0.1, -0.05) is 11.6 Å². The Hall–Kier alpha value is -2.90. The number of carbonyl (C=O) groups is 1. The Bertz CT molecular complexity index is 932. The van der Waals surface area contributed by atoms with Crippen molar-refractivity contribution in [2.45, 2.75) is 19.1 Å². The number of nitrogens with one attached hydrogen (secondary N) is 1. The van der Waals surface area contributed by atoms with Crippen LogP contribution < -0.4 is 5.32 Å². The Morgan fingerprint density at radius 1 is 1.18 bits per heavy atom. The number of hydrogen-bond acceptors (Lipinski definition) is 4. The summed E-state index contributed by atoms with van der Waals surface area (Å²) in [4.78, 5) is 21.4. The molecule has 0 bridgehead atoms. The van der Waals surface area contributed by atoms with Crippen molar-refractivity contribution < 1.29 is 40.5 Å². The van der Waals surface area contributed by atoms with Gasteiger partial charge in [-0.05, 0) is 4.92 Å². The molecule has 0 aliphatic rings. The van der Waals surface area contributed by atoms with Gasteiger partial charge in [0, 0.05) is 6.42 Å². The van der Waals surface area contributed by atoms with Crippen LogP contribution in [0.25, 0.3) is 0 Å². The number of halogens is 8. The van der Waals surface area contributed by atoms with Gasteiger partial charge in [0.2, 0.25) is 5.91 Å². The van der Waals surface area contributed by atoms with Crippen molar-refractivity contribution in [3.05, 3.63) is 50.2 Å². The number of amides is 1. The molecule has 0 atom stereocenters. The number of anilines is 1. The molecule has 2 aromatic rings. The summed E-state index contributed by atoms with van der Waals surface area (Å²) in [6, 6.07) is 0. The summed E-state index contributed by atoms with van der Waals surface area (Å²) in [7, 11) is 0. The molecule has 0 saturated carbocycles. The number of carbonyl (C=O) groups excluding carboxylic acids is 1. The van der Waals surface area contributed by atoms with Gasteiger partial charge in [-0.3, -0.25) is 4.79 Å². The van der Waals surface area contributed by atoms with Crippen LogP contribution in [0.4, 0.5) is 42.2 Å². The lowest BCUT2D eigenvalue weighted by molar-refractivity contribution is -0.389. The van der Waals surface area contributed by atoms with Crippen LogP contribution in [-0.2, 0) is 17.5 Å². The molecule has 7 nitrogen and oxygen atoms in total. The van der Waals surface area contributed by atoms with E-state index in [0.717, 1.165) is 10.9 Å². The highest BCUT2D eigenvalue weighted by Crippen LogP contribution is 2.38. The fourth-order valence-corrected chi connectivity index (χ4v) is 2.25. The van der Waals surface area contributed by atoms with E-state index in [1.54, 1.807) is 0 Å². The van der Waals surface area contributed by atoms with Crippen molar-refractivity contribution >= 4 is 29.0 Å². The first-order chi connectivity index (χ1) is 12.8. The molecule has 1 aromatic carbocycles. The highest BCUT2D eigenvalue weighted by molar-refractivity contribution is 6.32. The minimum absolute atomic E-state index is 0.366. The largest absolute Gasteiger partial charge is 0.422 e. The zero-order valence-electron chi connectivity index (χ0n) is 13.1. The van der Waals surface area contributed by atoms with Gasteiger partial charge in [0.25, 0.3) is 0 Å². The predicted molar refractivity (Wildman–Crippen MR) is 78.4 cm³/mol. The summed E-state index contributed by atoms with van der Waals surface area (Å²) in [6.07, 6.45) is -5.42. The quantitative estimate of drug-likeness (QED) is 0.333. The molecular formula is C13H6ClF7N4O3. The monoisotopic (exact) mass is 434 g/mol. The summed E-state index contributed by atoms with van der Waals surface area (Å²) < 4.78 is 92.7. The molecule has 152 valence electrons. The average molecular weight is 435 g/mol. The summed E-state index contributed by atoms with van der Waals surface area (Å²) in [5.41, 5.74) is -4.53. The number of alkyl halides is 3. The maximum atomic E-state index is 13.7. The number of nitrogens with zero attached hydrogens (tertiary/aromatic N) is 3. The third-order valence-corrected chi connectivity index (χ3v) is 3.52. The van der Waals surface area contributed by atoms with E-state index in [1.807, 2.05) is 0 Å². The van der Waals surface area contributed by atoms with Gasteiger partial charge in [-0.2, -0.15) is 17.9 Å². The molecule has 0 unspecified atom stereocenters. The van der Waals surface area contributed by atoms with E-state index in [9.17, 15) is 45.6 Å². The van der Waals surface area contributed by atoms with Crippen LogP contribution in [0.15, 0.2) is 6.20 Å². The van der Waals surface area contributed by atoms with E-state index in [1.165, 1.54) is 5.32 Å². The van der Waals surface area contributed by atoms with E-state index in [0.29, 0.717) is 0 Å². The minimum Gasteiger partial charge on any atom is -0.358 e. The van der Waals surface area contributed by atoms with Crippen molar-refractivity contribution in [2.24, 2.45) is 0 Å². The van der Waals surface area contributed by atoms with Crippen molar-refractivity contribution in [1.82, 2.24) is 9.78 Å². The third-order valence-electron chi connectivity index (χ3n) is 3.25. The first-order valence-electron chi connectivity index (χ1n) is 6.94. The Morgan fingerprint density at radius 2 is 1.71 bits per heavy atom. The molecule has 1 N–H and O–H groups in total. The Morgan fingerprint density at radius 3 is 2.14 bits per heavy atom. The molecule has 1 heterocycles. The van der Waals surface area contributed by atoms with Gasteiger partial charge in [-0.15, -0.1) is 0 Å². The summed E-state index contributed by atoms with van der Waals surface area (Å²) in [5.74, 6) is -12.3. The van der Waals surface area contributed by atoms with Crippen molar-refractivity contribution in [3.8, 4) is 0 Å². The lowest BCUT2D eigenvalue weighted by atomic mass is 10.1. The normalized spacial score (nSPS) is 11.6. The molecular weight excluding hydrogens is 429 g/mol. The molecule has 0 fully saturated rings. The van der Waals surface area contributed by atoms with E-state index < -0.39 is 70.3 Å². The van der Waals surface area contributed by atoms with Crippen LogP contribution in [0, 0.1) is 33.4 Å². The standard InChI is InChI=1S/C13H6ClF7N4O3/c14-4-3-24(23-12(4)25(27)28)2-1-5(26)22-11-9(17)7(15)6(13(19,20)21)8(16)10(11)18/h3H,1-2H2,(H,22,26). The maximum Gasteiger partial charge on any atom is 0.422 e. The Kier molecular flexibility index (Phi) is 5.82. The zero-order valence-corrected chi connectivity index (χ0v) is 13.8. The molecule has 0 aliphatic carbocycles. The van der Waals surface area contributed by atoms with E-state index in [-0.39, 0.29) is 5.02 Å². The fraction of sp³-hybridized carbons (Fsp3) is 0.231. The van der Waals surface area contributed by atoms with Crippen molar-refractivity contribution in [2.75, 3.05) is 5.32 Å². The molecule has 15 heteroatoms. The number of rotatable bonds is 5. The van der Waals surface area contributed by atoms with Crippen LogP contribution in [0.2, 0.25) is 5.02 Å². The number of aryl methyl sites for hydroxylation is 1. The Labute approximate surface area is 154 Å². The first kappa shape index (κ1) is 21.4. The number of hydrogen-bond donors (Lipinski definition) is 1.